The predicted octanol–water partition coefficient (Wildman–Crippen LogP) is 8.97. The molecule has 230 valence electrons. The topological polar surface area (TPSA) is 98.6 Å². The van der Waals surface area contributed by atoms with E-state index < -0.39 is 15.9 Å². The van der Waals surface area contributed by atoms with E-state index in [2.05, 4.69) is 6.92 Å². The van der Waals surface area contributed by atoms with E-state index in [1.54, 1.807) is 11.9 Å². The first-order chi connectivity index (χ1) is 19.6. The molecule has 0 atom stereocenters. The number of nitro benzene ring substituents is 1. The Labute approximate surface area is 246 Å². The van der Waals surface area contributed by atoms with Crippen LogP contribution < -0.4 is 5.56 Å². The summed E-state index contributed by atoms with van der Waals surface area (Å²) in [5.74, 6) is 0.151. The van der Waals surface area contributed by atoms with Crippen molar-refractivity contribution in [2.75, 3.05) is 13.6 Å². The van der Waals surface area contributed by atoms with E-state index in [1.165, 1.54) is 108 Å². The summed E-state index contributed by atoms with van der Waals surface area (Å²) in [4.78, 5) is 38.3. The molecule has 0 spiro atoms. The number of carbonyl (C=O) groups excluding carboxylic acids is 1. The summed E-state index contributed by atoms with van der Waals surface area (Å²) in [6, 6.07) is 5.49. The minimum Gasteiger partial charge on any atom is -0.375 e. The highest BCUT2D eigenvalue weighted by Gasteiger charge is 2.26. The summed E-state index contributed by atoms with van der Waals surface area (Å²) in [5, 5.41) is 11.8. The Morgan fingerprint density at radius 2 is 1.34 bits per heavy atom. The van der Waals surface area contributed by atoms with E-state index in [4.69, 9.17) is 4.52 Å². The van der Waals surface area contributed by atoms with Crippen LogP contribution in [-0.4, -0.2) is 34.1 Å². The number of benzene rings is 1. The molecule has 8 heteroatoms. The Hall–Kier alpha value is -2.90. The quantitative estimate of drug-likeness (QED) is 0.0897. The minimum atomic E-state index is -0.590. The van der Waals surface area contributed by atoms with Crippen molar-refractivity contribution in [3.63, 3.8) is 0 Å². The molecule has 2 aromatic rings. The van der Waals surface area contributed by atoms with Crippen molar-refractivity contribution in [2.45, 2.75) is 136 Å². The monoisotopic (exact) mass is 571 g/mol. The molecule has 0 saturated heterocycles. The predicted molar refractivity (Wildman–Crippen MR) is 166 cm³/mol. The molecule has 0 saturated carbocycles. The number of amides is 1. The lowest BCUT2D eigenvalue weighted by atomic mass is 9.94. The van der Waals surface area contributed by atoms with Gasteiger partial charge in [-0.05, 0) is 18.6 Å². The van der Waals surface area contributed by atoms with E-state index in [-0.39, 0.29) is 22.8 Å². The van der Waals surface area contributed by atoms with E-state index in [0.29, 0.717) is 12.3 Å². The Kier molecular flexibility index (Phi) is 14.9. The van der Waals surface area contributed by atoms with Crippen LogP contribution in [0.5, 0.6) is 0 Å². The lowest BCUT2D eigenvalue weighted by Crippen LogP contribution is -2.28. The molecule has 1 aromatic heterocycles. The molecule has 0 aliphatic heterocycles. The summed E-state index contributed by atoms with van der Waals surface area (Å²) in [5.41, 5.74) is -1.03. The molecule has 0 fully saturated rings. The summed E-state index contributed by atoms with van der Waals surface area (Å²) in [6.45, 7) is 8.53. The average molecular weight is 572 g/mol. The Morgan fingerprint density at radius 1 is 0.854 bits per heavy atom. The maximum absolute atomic E-state index is 13.0. The summed E-state index contributed by atoms with van der Waals surface area (Å²) < 4.78 is 6.57. The summed E-state index contributed by atoms with van der Waals surface area (Å²) in [6.07, 6.45) is 20.7. The lowest BCUT2D eigenvalue weighted by molar-refractivity contribution is -0.384. The van der Waals surface area contributed by atoms with Gasteiger partial charge in [-0.15, -0.1) is 4.74 Å². The largest absolute Gasteiger partial charge is 0.375 e. The molecule has 0 N–H and O–H groups in total. The van der Waals surface area contributed by atoms with Gasteiger partial charge in [0.05, 0.1) is 4.92 Å². The normalized spacial score (nSPS) is 11.6. The second kappa shape index (κ2) is 17.8. The SMILES string of the molecule is CCCCCCCCCCCCCCCCCCN(C)C(=O)c1ccc(-n2oc(C(C)(C)C)cc2=O)c([N+](=O)[O-])c1. The van der Waals surface area contributed by atoms with Crippen LogP contribution in [0.25, 0.3) is 5.69 Å². The van der Waals surface area contributed by atoms with Crippen molar-refractivity contribution < 1.29 is 14.2 Å². The third-order valence-electron chi connectivity index (χ3n) is 7.72. The number of nitrogens with zero attached hydrogens (tertiary/aromatic N) is 3. The number of hydrogen-bond donors (Lipinski definition) is 0. The van der Waals surface area contributed by atoms with Crippen molar-refractivity contribution in [2.24, 2.45) is 0 Å². The molecular weight excluding hydrogens is 518 g/mol. The number of unbranched alkanes of at least 4 members (excludes halogenated alkanes) is 15. The fraction of sp³-hybridized carbons (Fsp3) is 0.697. The zero-order valence-corrected chi connectivity index (χ0v) is 26.2. The fourth-order valence-electron chi connectivity index (χ4n) is 5.06. The van der Waals surface area contributed by atoms with Crippen LogP contribution in [0.2, 0.25) is 0 Å². The van der Waals surface area contributed by atoms with Gasteiger partial charge in [-0.3, -0.25) is 19.7 Å². The van der Waals surface area contributed by atoms with Gasteiger partial charge in [0.25, 0.3) is 17.2 Å². The highest BCUT2D eigenvalue weighted by Crippen LogP contribution is 2.27. The first-order valence-corrected chi connectivity index (χ1v) is 15.8. The molecule has 2 rings (SSSR count). The third-order valence-corrected chi connectivity index (χ3v) is 7.72. The first kappa shape index (κ1) is 34.3. The molecule has 0 radical (unpaired) electrons. The molecular formula is C33H53N3O5. The highest BCUT2D eigenvalue weighted by atomic mass is 16.6. The van der Waals surface area contributed by atoms with Gasteiger partial charge in [-0.25, -0.2) is 0 Å². The van der Waals surface area contributed by atoms with E-state index >= 15 is 0 Å². The molecule has 0 bridgehead atoms. The van der Waals surface area contributed by atoms with Crippen LogP contribution in [-0.2, 0) is 5.41 Å². The van der Waals surface area contributed by atoms with Crippen molar-refractivity contribution in [1.29, 1.82) is 0 Å². The molecule has 41 heavy (non-hydrogen) atoms. The zero-order valence-electron chi connectivity index (χ0n) is 26.2. The molecule has 0 unspecified atom stereocenters. The van der Waals surface area contributed by atoms with Gasteiger partial charge in [-0.2, -0.15) is 0 Å². The Bertz CT molecular complexity index is 1130. The first-order valence-electron chi connectivity index (χ1n) is 15.8. The molecule has 1 aromatic carbocycles. The Morgan fingerprint density at radius 3 is 1.78 bits per heavy atom. The third kappa shape index (κ3) is 11.9. The number of nitro groups is 1. The van der Waals surface area contributed by atoms with E-state index in [1.807, 2.05) is 20.8 Å². The van der Waals surface area contributed by atoms with Gasteiger partial charge in [-0.1, -0.05) is 124 Å². The molecule has 8 nitrogen and oxygen atoms in total. The fourth-order valence-corrected chi connectivity index (χ4v) is 5.06. The van der Waals surface area contributed by atoms with Gasteiger partial charge >= 0.3 is 0 Å². The molecule has 0 aliphatic carbocycles. The summed E-state index contributed by atoms with van der Waals surface area (Å²) in [7, 11) is 1.72. The van der Waals surface area contributed by atoms with Crippen molar-refractivity contribution in [3.8, 4) is 5.69 Å². The van der Waals surface area contributed by atoms with Gasteiger partial charge in [0.1, 0.15) is 5.76 Å². The highest BCUT2D eigenvalue weighted by molar-refractivity contribution is 5.95. The molecule has 0 aliphatic rings. The lowest BCUT2D eigenvalue weighted by Gasteiger charge is -2.17. The maximum Gasteiger partial charge on any atom is 0.297 e. The van der Waals surface area contributed by atoms with Crippen molar-refractivity contribution in [1.82, 2.24) is 9.64 Å². The molecule has 1 amide bonds. The smallest absolute Gasteiger partial charge is 0.297 e. The van der Waals surface area contributed by atoms with Gasteiger partial charge in [0.2, 0.25) is 0 Å². The minimum absolute atomic E-state index is 0.00695. The van der Waals surface area contributed by atoms with Gasteiger partial charge < -0.3 is 9.42 Å². The number of hydrogen-bond acceptors (Lipinski definition) is 5. The number of aromatic nitrogens is 1. The Balaban J connectivity index is 1.70. The second-order valence-corrected chi connectivity index (χ2v) is 12.5. The van der Waals surface area contributed by atoms with Gasteiger partial charge in [0, 0.05) is 36.7 Å². The van der Waals surface area contributed by atoms with Gasteiger partial charge in [0.15, 0.2) is 5.69 Å². The summed E-state index contributed by atoms with van der Waals surface area (Å²) >= 11 is 0. The standard InChI is InChI=1S/C33H53N3O5/c1-6-7-8-9-10-11-12-13-14-15-16-17-18-19-20-21-24-34(5)32(38)27-22-23-28(29(25-27)36(39)40)35-31(37)26-30(41-35)33(2,3)4/h22-23,25-26H,6-21,24H2,1-5H3. The number of rotatable bonds is 20. The van der Waals surface area contributed by atoms with Crippen LogP contribution >= 0.6 is 0 Å². The zero-order chi connectivity index (χ0) is 30.3. The molecule has 1 heterocycles. The van der Waals surface area contributed by atoms with Crippen LogP contribution in [0, 0.1) is 10.1 Å². The maximum atomic E-state index is 13.0. The van der Waals surface area contributed by atoms with Crippen LogP contribution in [0.15, 0.2) is 33.6 Å². The van der Waals surface area contributed by atoms with Crippen LogP contribution in [0.4, 0.5) is 5.69 Å². The van der Waals surface area contributed by atoms with Crippen molar-refractivity contribution >= 4 is 11.6 Å². The van der Waals surface area contributed by atoms with E-state index in [0.717, 1.165) is 24.0 Å². The van der Waals surface area contributed by atoms with Crippen LogP contribution in [0.1, 0.15) is 147 Å². The van der Waals surface area contributed by atoms with Crippen molar-refractivity contribution in [3.05, 3.63) is 56.1 Å². The average Bonchev–Trinajstić information content (AvgIpc) is 3.33. The van der Waals surface area contributed by atoms with Crippen LogP contribution in [0.3, 0.4) is 0 Å². The number of carbonyl (C=O) groups is 1. The van der Waals surface area contributed by atoms with E-state index in [9.17, 15) is 19.7 Å². The second-order valence-electron chi connectivity index (χ2n) is 12.5.